The Morgan fingerprint density at radius 2 is 2.29 bits per heavy atom. The summed E-state index contributed by atoms with van der Waals surface area (Å²) in [5, 5.41) is -0.741. The van der Waals surface area contributed by atoms with Crippen molar-refractivity contribution in [3.05, 3.63) is 29.1 Å². The highest BCUT2D eigenvalue weighted by molar-refractivity contribution is 9.08. The highest BCUT2D eigenvalue weighted by Gasteiger charge is 2.21. The van der Waals surface area contributed by atoms with Crippen LogP contribution in [0.4, 0.5) is 8.78 Å². The third kappa shape index (κ3) is 2.27. The van der Waals surface area contributed by atoms with Crippen LogP contribution in [0.25, 0.3) is 0 Å². The molecule has 0 saturated carbocycles. The molecule has 0 unspecified atom stereocenters. The number of halogens is 4. The number of alkyl halides is 3. The standard InChI is InChI=1S/C8H5BrClF2NO/c9-3-4-1-2-13-6(7(10)14)5(4)8(11)12/h1-2,8H,3H2. The molecular weight excluding hydrogens is 279 g/mol. The van der Waals surface area contributed by atoms with Crippen molar-refractivity contribution in [2.45, 2.75) is 11.8 Å². The van der Waals surface area contributed by atoms with Crippen molar-refractivity contribution in [2.75, 3.05) is 0 Å². The van der Waals surface area contributed by atoms with E-state index < -0.39 is 17.2 Å². The first kappa shape index (κ1) is 11.5. The first-order valence-electron chi connectivity index (χ1n) is 3.59. The van der Waals surface area contributed by atoms with E-state index in [0.717, 1.165) is 0 Å². The van der Waals surface area contributed by atoms with Gasteiger partial charge in [-0.3, -0.25) is 9.78 Å². The van der Waals surface area contributed by atoms with Gasteiger partial charge in [0.1, 0.15) is 5.69 Å². The van der Waals surface area contributed by atoms with Crippen LogP contribution in [0.15, 0.2) is 12.3 Å². The number of carbonyl (C=O) groups is 1. The third-order valence-electron chi connectivity index (χ3n) is 1.63. The molecule has 76 valence electrons. The normalized spacial score (nSPS) is 10.6. The summed E-state index contributed by atoms with van der Waals surface area (Å²) in [6.07, 6.45) is -1.48. The van der Waals surface area contributed by atoms with Crippen molar-refractivity contribution in [1.29, 1.82) is 0 Å². The molecule has 0 radical (unpaired) electrons. The molecule has 6 heteroatoms. The van der Waals surface area contributed by atoms with E-state index in [1.807, 2.05) is 0 Å². The second kappa shape index (κ2) is 4.79. The summed E-state index contributed by atoms with van der Waals surface area (Å²) in [4.78, 5) is 14.3. The minimum absolute atomic E-state index is 0.229. The summed E-state index contributed by atoms with van der Waals surface area (Å²) in [5.41, 5.74) is -0.456. The van der Waals surface area contributed by atoms with Crippen LogP contribution in [-0.4, -0.2) is 10.2 Å². The summed E-state index contributed by atoms with van der Waals surface area (Å²) in [7, 11) is 0. The molecule has 14 heavy (non-hydrogen) atoms. The number of carbonyl (C=O) groups excluding carboxylic acids is 1. The molecule has 0 aliphatic carbocycles. The number of rotatable bonds is 3. The molecule has 0 aromatic carbocycles. The maximum atomic E-state index is 12.6. The number of aromatic nitrogens is 1. The van der Waals surface area contributed by atoms with E-state index in [9.17, 15) is 13.6 Å². The lowest BCUT2D eigenvalue weighted by atomic mass is 10.1. The van der Waals surface area contributed by atoms with E-state index in [2.05, 4.69) is 20.9 Å². The van der Waals surface area contributed by atoms with Crippen molar-refractivity contribution < 1.29 is 13.6 Å². The average Bonchev–Trinajstić information content (AvgIpc) is 2.16. The lowest BCUT2D eigenvalue weighted by Crippen LogP contribution is -2.05. The van der Waals surface area contributed by atoms with Gasteiger partial charge in [0.25, 0.3) is 11.7 Å². The second-order valence-corrected chi connectivity index (χ2v) is 3.34. The zero-order valence-corrected chi connectivity index (χ0v) is 9.15. The lowest BCUT2D eigenvalue weighted by molar-refractivity contribution is 0.106. The molecule has 1 aromatic rings. The van der Waals surface area contributed by atoms with Crippen LogP contribution >= 0.6 is 27.5 Å². The van der Waals surface area contributed by atoms with Gasteiger partial charge in [0.15, 0.2) is 0 Å². The van der Waals surface area contributed by atoms with E-state index in [-0.39, 0.29) is 11.0 Å². The summed E-state index contributed by atoms with van der Waals surface area (Å²) in [6, 6.07) is 1.42. The molecule has 0 aliphatic heterocycles. The lowest BCUT2D eigenvalue weighted by Gasteiger charge is -2.08. The molecule has 0 aliphatic rings. The zero-order valence-electron chi connectivity index (χ0n) is 6.81. The molecule has 1 aromatic heterocycles. The topological polar surface area (TPSA) is 30.0 Å². The molecule has 1 rings (SSSR count). The molecular formula is C8H5BrClF2NO. The molecule has 0 N–H and O–H groups in total. The smallest absolute Gasteiger partial charge is 0.271 e. The molecule has 0 saturated heterocycles. The Morgan fingerprint density at radius 3 is 2.71 bits per heavy atom. The van der Waals surface area contributed by atoms with Gasteiger partial charge in [-0.25, -0.2) is 8.78 Å². The average molecular weight is 284 g/mol. The van der Waals surface area contributed by atoms with Crippen LogP contribution in [0.2, 0.25) is 0 Å². The van der Waals surface area contributed by atoms with Crippen molar-refractivity contribution in [1.82, 2.24) is 4.98 Å². The number of nitrogens with zero attached hydrogens (tertiary/aromatic N) is 1. The van der Waals surface area contributed by atoms with E-state index in [1.54, 1.807) is 0 Å². The van der Waals surface area contributed by atoms with Gasteiger partial charge in [0.2, 0.25) is 0 Å². The molecule has 0 amide bonds. The predicted octanol–water partition coefficient (Wildman–Crippen LogP) is 3.29. The quantitative estimate of drug-likeness (QED) is 0.630. The summed E-state index contributed by atoms with van der Waals surface area (Å²) >= 11 is 8.18. The fourth-order valence-electron chi connectivity index (χ4n) is 1.03. The molecule has 0 bridgehead atoms. The second-order valence-electron chi connectivity index (χ2n) is 2.44. The Balaban J connectivity index is 3.35. The SMILES string of the molecule is O=C(Cl)c1nccc(CBr)c1C(F)F. The molecule has 1 heterocycles. The maximum Gasteiger partial charge on any atom is 0.271 e. The number of hydrogen-bond donors (Lipinski definition) is 0. The van der Waals surface area contributed by atoms with Gasteiger partial charge in [-0.2, -0.15) is 0 Å². The Kier molecular flexibility index (Phi) is 3.95. The van der Waals surface area contributed by atoms with Crippen molar-refractivity contribution in [3.63, 3.8) is 0 Å². The molecule has 2 nitrogen and oxygen atoms in total. The Labute approximate surface area is 92.4 Å². The fourth-order valence-corrected chi connectivity index (χ4v) is 1.67. The Hall–Kier alpha value is -0.550. The van der Waals surface area contributed by atoms with Crippen LogP contribution in [0.5, 0.6) is 0 Å². The number of pyridine rings is 1. The van der Waals surface area contributed by atoms with Gasteiger partial charge in [-0.1, -0.05) is 15.9 Å². The Bertz CT molecular complexity index is 359. The van der Waals surface area contributed by atoms with Crippen LogP contribution in [-0.2, 0) is 5.33 Å². The van der Waals surface area contributed by atoms with Crippen LogP contribution in [0.1, 0.15) is 28.0 Å². The van der Waals surface area contributed by atoms with Gasteiger partial charge in [-0.15, -0.1) is 0 Å². The minimum atomic E-state index is -2.76. The number of hydrogen-bond acceptors (Lipinski definition) is 2. The predicted molar refractivity (Wildman–Crippen MR) is 52.0 cm³/mol. The largest absolute Gasteiger partial charge is 0.274 e. The maximum absolute atomic E-state index is 12.6. The molecule has 0 atom stereocenters. The van der Waals surface area contributed by atoms with Gasteiger partial charge < -0.3 is 0 Å². The molecule has 0 spiro atoms. The minimum Gasteiger partial charge on any atom is -0.274 e. The van der Waals surface area contributed by atoms with Crippen molar-refractivity contribution in [2.24, 2.45) is 0 Å². The van der Waals surface area contributed by atoms with Gasteiger partial charge >= 0.3 is 0 Å². The summed E-state index contributed by atoms with van der Waals surface area (Å²) in [6.45, 7) is 0. The first-order chi connectivity index (χ1) is 6.57. The fraction of sp³-hybridized carbons (Fsp3) is 0.250. The van der Waals surface area contributed by atoms with Gasteiger partial charge in [0, 0.05) is 11.5 Å². The Morgan fingerprint density at radius 1 is 1.64 bits per heavy atom. The summed E-state index contributed by atoms with van der Waals surface area (Å²) in [5.74, 6) is 0. The van der Waals surface area contributed by atoms with E-state index in [4.69, 9.17) is 11.6 Å². The van der Waals surface area contributed by atoms with Crippen LogP contribution < -0.4 is 0 Å². The van der Waals surface area contributed by atoms with Crippen LogP contribution in [0.3, 0.4) is 0 Å². The monoisotopic (exact) mass is 283 g/mol. The molecule has 0 fully saturated rings. The van der Waals surface area contributed by atoms with Gasteiger partial charge in [-0.05, 0) is 23.2 Å². The highest BCUT2D eigenvalue weighted by Crippen LogP contribution is 2.27. The highest BCUT2D eigenvalue weighted by atomic mass is 79.9. The summed E-state index contributed by atoms with van der Waals surface area (Å²) < 4.78 is 25.1. The van der Waals surface area contributed by atoms with E-state index >= 15 is 0 Å². The third-order valence-corrected chi connectivity index (χ3v) is 2.41. The van der Waals surface area contributed by atoms with Crippen molar-refractivity contribution in [3.8, 4) is 0 Å². The van der Waals surface area contributed by atoms with Crippen molar-refractivity contribution >= 4 is 32.8 Å². The van der Waals surface area contributed by atoms with E-state index in [0.29, 0.717) is 5.56 Å². The van der Waals surface area contributed by atoms with Crippen LogP contribution in [0, 0.1) is 0 Å². The van der Waals surface area contributed by atoms with E-state index in [1.165, 1.54) is 12.3 Å². The zero-order chi connectivity index (χ0) is 10.7. The van der Waals surface area contributed by atoms with Gasteiger partial charge in [0.05, 0.1) is 5.56 Å². The first-order valence-corrected chi connectivity index (χ1v) is 5.09.